The van der Waals surface area contributed by atoms with Gasteiger partial charge in [0.25, 0.3) is 5.91 Å². The van der Waals surface area contributed by atoms with Crippen LogP contribution in [0.15, 0.2) is 79.1 Å². The van der Waals surface area contributed by atoms with Crippen molar-refractivity contribution in [3.63, 3.8) is 0 Å². The second kappa shape index (κ2) is 9.27. The van der Waals surface area contributed by atoms with Crippen LogP contribution < -0.4 is 10.1 Å². The zero-order valence-electron chi connectivity index (χ0n) is 16.5. The largest absolute Gasteiger partial charge is 0.450 e. The van der Waals surface area contributed by atoms with Crippen molar-refractivity contribution in [2.24, 2.45) is 0 Å². The highest BCUT2D eigenvalue weighted by atomic mass is 35.5. The van der Waals surface area contributed by atoms with Crippen LogP contribution in [0.2, 0.25) is 5.02 Å². The number of halogens is 1. The number of para-hydroxylation sites is 1. The third-order valence-electron chi connectivity index (χ3n) is 4.52. The number of hydrogen-bond acceptors (Lipinski definition) is 6. The van der Waals surface area contributed by atoms with Gasteiger partial charge in [-0.2, -0.15) is 0 Å². The summed E-state index contributed by atoms with van der Waals surface area (Å²) < 4.78 is 7.38. The summed E-state index contributed by atoms with van der Waals surface area (Å²) in [6, 6.07) is 19.9. The van der Waals surface area contributed by atoms with Crippen LogP contribution in [0.4, 0.5) is 5.69 Å². The monoisotopic (exact) mass is 449 g/mol. The highest BCUT2D eigenvalue weighted by Crippen LogP contribution is 2.33. The standard InChI is InChI=1S/C22H16ClN5O4/c23-16-8-11-20(19(12-16)28(30)31)32-18-9-6-15(7-10-18)22(29)24-13-21-26-25-14-27(21)17-4-2-1-3-5-17/h1-12,14H,13H2,(H,24,29). The van der Waals surface area contributed by atoms with Crippen molar-refractivity contribution in [3.8, 4) is 17.2 Å². The number of carbonyl (C=O) groups excluding carboxylic acids is 1. The van der Waals surface area contributed by atoms with Crippen molar-refractivity contribution in [2.75, 3.05) is 0 Å². The van der Waals surface area contributed by atoms with E-state index in [1.165, 1.54) is 18.2 Å². The van der Waals surface area contributed by atoms with Gasteiger partial charge in [0, 0.05) is 22.3 Å². The maximum atomic E-state index is 12.5. The minimum absolute atomic E-state index is 0.0526. The Balaban J connectivity index is 1.42. The molecular formula is C22H16ClN5O4. The van der Waals surface area contributed by atoms with E-state index in [0.29, 0.717) is 17.1 Å². The van der Waals surface area contributed by atoms with Crippen molar-refractivity contribution in [2.45, 2.75) is 6.54 Å². The predicted molar refractivity (Wildman–Crippen MR) is 117 cm³/mol. The fraction of sp³-hybridized carbons (Fsp3) is 0.0455. The normalized spacial score (nSPS) is 10.5. The van der Waals surface area contributed by atoms with E-state index >= 15 is 0 Å². The molecule has 10 heteroatoms. The molecule has 0 unspecified atom stereocenters. The van der Waals surface area contributed by atoms with E-state index in [9.17, 15) is 14.9 Å². The van der Waals surface area contributed by atoms with Crippen LogP contribution in [-0.4, -0.2) is 25.6 Å². The van der Waals surface area contributed by atoms with E-state index in [1.54, 1.807) is 35.2 Å². The Morgan fingerprint density at radius 2 is 1.84 bits per heavy atom. The average Bonchev–Trinajstić information content (AvgIpc) is 3.28. The van der Waals surface area contributed by atoms with Crippen molar-refractivity contribution in [3.05, 3.63) is 106 Å². The first-order valence-corrected chi connectivity index (χ1v) is 9.83. The molecule has 0 aliphatic heterocycles. The first-order chi connectivity index (χ1) is 15.5. The van der Waals surface area contributed by atoms with E-state index in [1.807, 2.05) is 30.3 Å². The molecule has 0 atom stereocenters. The second-order valence-corrected chi connectivity index (χ2v) is 7.07. The van der Waals surface area contributed by atoms with E-state index in [0.717, 1.165) is 5.69 Å². The molecule has 3 aromatic carbocycles. The summed E-state index contributed by atoms with van der Waals surface area (Å²) in [5.41, 5.74) is 1.04. The zero-order valence-corrected chi connectivity index (χ0v) is 17.3. The van der Waals surface area contributed by atoms with Crippen LogP contribution in [0.25, 0.3) is 5.69 Å². The molecule has 1 N–H and O–H groups in total. The second-order valence-electron chi connectivity index (χ2n) is 6.63. The number of amides is 1. The van der Waals surface area contributed by atoms with Gasteiger partial charge in [-0.25, -0.2) is 0 Å². The zero-order chi connectivity index (χ0) is 22.5. The van der Waals surface area contributed by atoms with Gasteiger partial charge in [0.1, 0.15) is 12.1 Å². The Hall–Kier alpha value is -4.24. The summed E-state index contributed by atoms with van der Waals surface area (Å²) in [5.74, 6) is 0.670. The third kappa shape index (κ3) is 4.73. The number of aromatic nitrogens is 3. The summed E-state index contributed by atoms with van der Waals surface area (Å²) in [6.45, 7) is 0.183. The van der Waals surface area contributed by atoms with Crippen molar-refractivity contribution < 1.29 is 14.5 Å². The molecule has 32 heavy (non-hydrogen) atoms. The van der Waals surface area contributed by atoms with Crippen LogP contribution in [-0.2, 0) is 6.54 Å². The first-order valence-electron chi connectivity index (χ1n) is 9.45. The molecule has 0 saturated heterocycles. The highest BCUT2D eigenvalue weighted by molar-refractivity contribution is 6.30. The number of nitrogens with zero attached hydrogens (tertiary/aromatic N) is 4. The lowest BCUT2D eigenvalue weighted by molar-refractivity contribution is -0.385. The van der Waals surface area contributed by atoms with Crippen LogP contribution in [0, 0.1) is 10.1 Å². The quantitative estimate of drug-likeness (QED) is 0.327. The minimum atomic E-state index is -0.572. The van der Waals surface area contributed by atoms with Gasteiger partial charge in [-0.1, -0.05) is 29.8 Å². The Morgan fingerprint density at radius 3 is 2.56 bits per heavy atom. The Labute approximate surface area is 187 Å². The summed E-state index contributed by atoms with van der Waals surface area (Å²) in [5, 5.41) is 22.2. The predicted octanol–water partition coefficient (Wildman–Crippen LogP) is 4.55. The average molecular weight is 450 g/mol. The van der Waals surface area contributed by atoms with E-state index in [2.05, 4.69) is 15.5 Å². The topological polar surface area (TPSA) is 112 Å². The molecule has 9 nitrogen and oxygen atoms in total. The lowest BCUT2D eigenvalue weighted by atomic mass is 10.2. The molecule has 0 saturated carbocycles. The third-order valence-corrected chi connectivity index (χ3v) is 4.76. The van der Waals surface area contributed by atoms with Gasteiger partial charge in [-0.05, 0) is 48.5 Å². The molecule has 4 aromatic rings. The smallest absolute Gasteiger partial charge is 0.313 e. The van der Waals surface area contributed by atoms with Gasteiger partial charge < -0.3 is 10.1 Å². The van der Waals surface area contributed by atoms with Gasteiger partial charge in [-0.15, -0.1) is 10.2 Å². The molecule has 0 aliphatic rings. The fourth-order valence-corrected chi connectivity index (χ4v) is 3.13. The molecule has 4 rings (SSSR count). The number of nitro groups is 1. The molecule has 0 radical (unpaired) electrons. The van der Waals surface area contributed by atoms with Gasteiger partial charge >= 0.3 is 5.69 Å². The van der Waals surface area contributed by atoms with E-state index in [-0.39, 0.29) is 28.9 Å². The number of rotatable bonds is 7. The van der Waals surface area contributed by atoms with Crippen LogP contribution in [0.5, 0.6) is 11.5 Å². The molecule has 0 fully saturated rings. The molecule has 0 bridgehead atoms. The Bertz CT molecular complexity index is 1260. The summed E-state index contributed by atoms with van der Waals surface area (Å²) >= 11 is 5.82. The minimum Gasteiger partial charge on any atom is -0.450 e. The maximum absolute atomic E-state index is 12.5. The highest BCUT2D eigenvalue weighted by Gasteiger charge is 2.17. The number of nitro benzene ring substituents is 1. The van der Waals surface area contributed by atoms with Crippen molar-refractivity contribution in [1.82, 2.24) is 20.1 Å². The SMILES string of the molecule is O=C(NCc1nncn1-c1ccccc1)c1ccc(Oc2ccc(Cl)cc2[N+](=O)[O-])cc1. The summed E-state index contributed by atoms with van der Waals surface area (Å²) in [6.07, 6.45) is 1.58. The first kappa shape index (κ1) is 21.0. The molecule has 0 spiro atoms. The number of hydrogen-bond donors (Lipinski definition) is 1. The van der Waals surface area contributed by atoms with Crippen LogP contribution in [0.3, 0.4) is 0 Å². The van der Waals surface area contributed by atoms with Crippen LogP contribution in [0.1, 0.15) is 16.2 Å². The summed E-state index contributed by atoms with van der Waals surface area (Å²) in [7, 11) is 0. The van der Waals surface area contributed by atoms with Gasteiger partial charge in [0.2, 0.25) is 5.75 Å². The van der Waals surface area contributed by atoms with Gasteiger partial charge in [0.05, 0.1) is 11.5 Å². The lowest BCUT2D eigenvalue weighted by Crippen LogP contribution is -2.24. The van der Waals surface area contributed by atoms with Crippen molar-refractivity contribution >= 4 is 23.2 Å². The van der Waals surface area contributed by atoms with Gasteiger partial charge in [0.15, 0.2) is 5.82 Å². The van der Waals surface area contributed by atoms with Crippen LogP contribution >= 0.6 is 11.6 Å². The van der Waals surface area contributed by atoms with E-state index in [4.69, 9.17) is 16.3 Å². The maximum Gasteiger partial charge on any atom is 0.313 e. The molecule has 160 valence electrons. The number of carbonyl (C=O) groups is 1. The summed E-state index contributed by atoms with van der Waals surface area (Å²) in [4.78, 5) is 23.1. The molecule has 1 heterocycles. The molecular weight excluding hydrogens is 434 g/mol. The Morgan fingerprint density at radius 1 is 1.09 bits per heavy atom. The molecule has 0 aliphatic carbocycles. The number of nitrogens with one attached hydrogen (secondary N) is 1. The molecule has 1 aromatic heterocycles. The Kier molecular flexibility index (Phi) is 6.09. The van der Waals surface area contributed by atoms with E-state index < -0.39 is 4.92 Å². The van der Waals surface area contributed by atoms with Gasteiger partial charge in [-0.3, -0.25) is 19.5 Å². The lowest BCUT2D eigenvalue weighted by Gasteiger charge is -2.09. The number of ether oxygens (including phenoxy) is 1. The van der Waals surface area contributed by atoms with Crippen molar-refractivity contribution in [1.29, 1.82) is 0 Å². The molecule has 1 amide bonds. The fourth-order valence-electron chi connectivity index (χ4n) is 2.97. The number of benzene rings is 3.